The van der Waals surface area contributed by atoms with Gasteiger partial charge >= 0.3 is 12.0 Å². The van der Waals surface area contributed by atoms with Gasteiger partial charge in [-0.1, -0.05) is 12.1 Å². The van der Waals surface area contributed by atoms with Crippen molar-refractivity contribution in [3.05, 3.63) is 29.8 Å². The maximum atomic E-state index is 13.2. The van der Waals surface area contributed by atoms with E-state index in [1.54, 1.807) is 14.0 Å². The van der Waals surface area contributed by atoms with Crippen molar-refractivity contribution >= 4 is 17.9 Å². The van der Waals surface area contributed by atoms with E-state index >= 15 is 0 Å². The molecule has 2 aliphatic rings. The largest absolute Gasteiger partial charge is 0.497 e. The topological polar surface area (TPSA) is 88.2 Å². The second kappa shape index (κ2) is 7.85. The summed E-state index contributed by atoms with van der Waals surface area (Å²) in [6, 6.07) is 7.04. The molecule has 1 saturated carbocycles. The van der Waals surface area contributed by atoms with Crippen molar-refractivity contribution in [2.75, 3.05) is 33.4 Å². The van der Waals surface area contributed by atoms with Crippen molar-refractivity contribution in [2.45, 2.75) is 31.6 Å². The maximum Gasteiger partial charge on any atom is 0.336 e. The molecule has 0 bridgehead atoms. The number of hydrogen-bond acceptors (Lipinski definition) is 5. The van der Waals surface area contributed by atoms with Crippen molar-refractivity contribution in [3.63, 3.8) is 0 Å². The van der Waals surface area contributed by atoms with Crippen LogP contribution in [-0.4, -0.2) is 61.3 Å². The summed E-state index contributed by atoms with van der Waals surface area (Å²) >= 11 is 0. The summed E-state index contributed by atoms with van der Waals surface area (Å²) in [7, 11) is 1.60. The Hall–Kier alpha value is -2.77. The monoisotopic (exact) mass is 375 g/mol. The number of urea groups is 1. The SMILES string of the molecule is CCOC(=O)CNC(=O)N1CCCN1C(=O)C1(c2ccc(OC)cc2)CC1. The van der Waals surface area contributed by atoms with Crippen molar-refractivity contribution < 1.29 is 23.9 Å². The number of rotatable bonds is 6. The molecular formula is C19H25N3O5. The van der Waals surface area contributed by atoms with E-state index in [-0.39, 0.29) is 19.1 Å². The third-order valence-corrected chi connectivity index (χ3v) is 4.99. The number of esters is 1. The Balaban J connectivity index is 1.67. The highest BCUT2D eigenvalue weighted by Gasteiger charge is 2.55. The summed E-state index contributed by atoms with van der Waals surface area (Å²) in [5.41, 5.74) is 0.364. The quantitative estimate of drug-likeness (QED) is 0.761. The molecule has 0 unspecified atom stereocenters. The number of nitrogens with one attached hydrogen (secondary N) is 1. The summed E-state index contributed by atoms with van der Waals surface area (Å²) < 4.78 is 9.99. The van der Waals surface area contributed by atoms with Crippen LogP contribution < -0.4 is 10.1 Å². The molecule has 3 rings (SSSR count). The highest BCUT2D eigenvalue weighted by Crippen LogP contribution is 2.50. The van der Waals surface area contributed by atoms with Gasteiger partial charge in [0.15, 0.2) is 0 Å². The van der Waals surface area contributed by atoms with Gasteiger partial charge in [0.1, 0.15) is 12.3 Å². The van der Waals surface area contributed by atoms with Crippen LogP contribution in [-0.2, 0) is 19.7 Å². The molecule has 1 aliphatic heterocycles. The second-order valence-electron chi connectivity index (χ2n) is 6.68. The second-order valence-corrected chi connectivity index (χ2v) is 6.68. The minimum Gasteiger partial charge on any atom is -0.497 e. The summed E-state index contributed by atoms with van der Waals surface area (Å²) in [6.45, 7) is 2.68. The summed E-state index contributed by atoms with van der Waals surface area (Å²) in [5.74, 6) is 0.166. The zero-order chi connectivity index (χ0) is 19.4. The van der Waals surface area contributed by atoms with Gasteiger partial charge in [0.25, 0.3) is 5.91 Å². The van der Waals surface area contributed by atoms with E-state index in [9.17, 15) is 14.4 Å². The molecule has 8 heteroatoms. The number of carbonyl (C=O) groups is 3. The van der Waals surface area contributed by atoms with Crippen molar-refractivity contribution in [3.8, 4) is 5.75 Å². The number of benzene rings is 1. The zero-order valence-electron chi connectivity index (χ0n) is 15.7. The number of hydrogen-bond donors (Lipinski definition) is 1. The van der Waals surface area contributed by atoms with Crippen molar-refractivity contribution in [1.29, 1.82) is 0 Å². The van der Waals surface area contributed by atoms with E-state index < -0.39 is 17.4 Å². The Labute approximate surface area is 158 Å². The van der Waals surface area contributed by atoms with Crippen LogP contribution in [0.25, 0.3) is 0 Å². The molecule has 1 saturated heterocycles. The van der Waals surface area contributed by atoms with Crippen LogP contribution in [0.4, 0.5) is 4.79 Å². The average Bonchev–Trinajstić information content (AvgIpc) is 3.35. The van der Waals surface area contributed by atoms with Gasteiger partial charge in [-0.05, 0) is 43.9 Å². The predicted octanol–water partition coefficient (Wildman–Crippen LogP) is 1.45. The number of nitrogens with zero attached hydrogens (tertiary/aromatic N) is 2. The van der Waals surface area contributed by atoms with E-state index in [0.29, 0.717) is 19.5 Å². The Bertz CT molecular complexity index is 715. The minimum absolute atomic E-state index is 0.0727. The van der Waals surface area contributed by atoms with Crippen molar-refractivity contribution in [2.24, 2.45) is 0 Å². The molecule has 1 aliphatic carbocycles. The Morgan fingerprint density at radius 2 is 1.78 bits per heavy atom. The fraction of sp³-hybridized carbons (Fsp3) is 0.526. The first-order valence-electron chi connectivity index (χ1n) is 9.19. The van der Waals surface area contributed by atoms with Gasteiger partial charge in [-0.15, -0.1) is 0 Å². The van der Waals surface area contributed by atoms with Crippen molar-refractivity contribution in [1.82, 2.24) is 15.3 Å². The Morgan fingerprint density at radius 3 is 2.37 bits per heavy atom. The first kappa shape index (κ1) is 19.0. The molecule has 3 amide bonds. The molecule has 1 aromatic rings. The van der Waals surface area contributed by atoms with E-state index in [0.717, 1.165) is 24.2 Å². The molecule has 2 fully saturated rings. The zero-order valence-corrected chi connectivity index (χ0v) is 15.7. The first-order valence-corrected chi connectivity index (χ1v) is 9.19. The van der Waals surface area contributed by atoms with Gasteiger partial charge < -0.3 is 14.8 Å². The molecular weight excluding hydrogens is 350 g/mol. The van der Waals surface area contributed by atoms with Gasteiger partial charge in [-0.2, -0.15) is 0 Å². The lowest BCUT2D eigenvalue weighted by Gasteiger charge is -2.31. The third kappa shape index (κ3) is 3.84. The standard InChI is InChI=1S/C19H25N3O5/c1-3-27-16(23)13-20-18(25)22-12-4-11-21(22)17(24)19(9-10-19)14-5-7-15(26-2)8-6-14/h5-8H,3-4,9-13H2,1-2H3,(H,20,25). The lowest BCUT2D eigenvalue weighted by Crippen LogP contribution is -2.52. The van der Waals surface area contributed by atoms with Crippen LogP contribution >= 0.6 is 0 Å². The minimum atomic E-state index is -0.573. The van der Waals surface area contributed by atoms with E-state index in [2.05, 4.69) is 5.32 Å². The predicted molar refractivity (Wildman–Crippen MR) is 97.0 cm³/mol. The lowest BCUT2D eigenvalue weighted by molar-refractivity contribution is -0.143. The van der Waals surface area contributed by atoms with Gasteiger partial charge in [-0.3, -0.25) is 9.59 Å². The number of methoxy groups -OCH3 is 1. The van der Waals surface area contributed by atoms with Crippen LogP contribution in [0.2, 0.25) is 0 Å². The molecule has 146 valence electrons. The summed E-state index contributed by atoms with van der Waals surface area (Å²) in [5, 5.41) is 5.43. The molecule has 1 N–H and O–H groups in total. The number of carbonyl (C=O) groups excluding carboxylic acids is 3. The van der Waals surface area contributed by atoms with Crippen LogP contribution in [0.1, 0.15) is 31.7 Å². The third-order valence-electron chi connectivity index (χ3n) is 4.99. The number of hydrazine groups is 1. The Morgan fingerprint density at radius 1 is 1.11 bits per heavy atom. The molecule has 0 atom stereocenters. The fourth-order valence-corrected chi connectivity index (χ4v) is 3.39. The Kier molecular flexibility index (Phi) is 5.53. The van der Waals surface area contributed by atoms with Gasteiger partial charge in [-0.25, -0.2) is 14.8 Å². The molecule has 27 heavy (non-hydrogen) atoms. The normalized spacial score (nSPS) is 17.4. The highest BCUT2D eigenvalue weighted by molar-refractivity contribution is 5.93. The van der Waals surface area contributed by atoms with Gasteiger partial charge in [0.05, 0.1) is 19.1 Å². The average molecular weight is 375 g/mol. The lowest BCUT2D eigenvalue weighted by atomic mass is 9.94. The molecule has 0 spiro atoms. The van der Waals surface area contributed by atoms with Crippen LogP contribution in [0.3, 0.4) is 0 Å². The summed E-state index contributed by atoms with van der Waals surface area (Å²) in [4.78, 5) is 37.1. The molecule has 1 heterocycles. The molecule has 1 aromatic carbocycles. The molecule has 8 nitrogen and oxygen atoms in total. The van der Waals surface area contributed by atoms with Gasteiger partial charge in [0, 0.05) is 13.1 Å². The smallest absolute Gasteiger partial charge is 0.336 e. The number of ether oxygens (including phenoxy) is 2. The van der Waals surface area contributed by atoms with E-state index in [4.69, 9.17) is 9.47 Å². The first-order chi connectivity index (χ1) is 13.0. The highest BCUT2D eigenvalue weighted by atomic mass is 16.5. The van der Waals surface area contributed by atoms with Crippen LogP contribution in [0.5, 0.6) is 5.75 Å². The molecule has 0 aromatic heterocycles. The van der Waals surface area contributed by atoms with Gasteiger partial charge in [0.2, 0.25) is 0 Å². The van der Waals surface area contributed by atoms with E-state index in [1.807, 2.05) is 24.3 Å². The summed E-state index contributed by atoms with van der Waals surface area (Å²) in [6.07, 6.45) is 2.22. The van der Waals surface area contributed by atoms with E-state index in [1.165, 1.54) is 10.0 Å². The molecule has 0 radical (unpaired) electrons. The maximum absolute atomic E-state index is 13.2. The fourth-order valence-electron chi connectivity index (χ4n) is 3.39. The van der Waals surface area contributed by atoms with Crippen LogP contribution in [0, 0.1) is 0 Å². The number of amides is 3. The van der Waals surface area contributed by atoms with Crippen LogP contribution in [0.15, 0.2) is 24.3 Å².